The van der Waals surface area contributed by atoms with E-state index >= 15 is 0 Å². The molecule has 0 aliphatic heterocycles. The molecule has 2 heterocycles. The molecule has 0 amide bonds. The summed E-state index contributed by atoms with van der Waals surface area (Å²) in [6, 6.07) is 5.32. The van der Waals surface area contributed by atoms with Gasteiger partial charge in [-0.3, -0.25) is 0 Å². The van der Waals surface area contributed by atoms with Crippen molar-refractivity contribution < 1.29 is 9.15 Å². The summed E-state index contributed by atoms with van der Waals surface area (Å²) in [5.74, 6) is 0.720. The molecule has 3 rings (SSSR count). The van der Waals surface area contributed by atoms with E-state index in [0.717, 1.165) is 16.5 Å². The van der Waals surface area contributed by atoms with Crippen molar-refractivity contribution in [2.45, 2.75) is 0 Å². The van der Waals surface area contributed by atoms with Crippen LogP contribution >= 0.6 is 11.3 Å². The Hall–Kier alpha value is -2.01. The van der Waals surface area contributed by atoms with Crippen molar-refractivity contribution in [2.75, 3.05) is 12.8 Å². The Morgan fingerprint density at radius 3 is 2.94 bits per heavy atom. The summed E-state index contributed by atoms with van der Waals surface area (Å²) in [5, 5.41) is 4.46. The van der Waals surface area contributed by atoms with E-state index in [4.69, 9.17) is 14.9 Å². The Balaban J connectivity index is 2.56. The first kappa shape index (κ1) is 10.2. The predicted molar refractivity (Wildman–Crippen MR) is 68.8 cm³/mol. The average molecular weight is 247 g/mol. The van der Waals surface area contributed by atoms with Gasteiger partial charge in [-0.05, 0) is 18.2 Å². The fraction of sp³-hybridized carbons (Fsp3) is 0.0833. The average Bonchev–Trinajstić information content (AvgIpc) is 2.72. The standard InChI is InChI=1S/C12H9NO3S/c1-15-6-2-3-9-7(4-6)8-5-17-11(13)10(8)12(14)16-9/h2-5H,13H2,1H3. The van der Waals surface area contributed by atoms with Crippen LogP contribution in [0, 0.1) is 0 Å². The fourth-order valence-corrected chi connectivity index (χ4v) is 2.67. The lowest BCUT2D eigenvalue weighted by Crippen LogP contribution is -2.00. The smallest absolute Gasteiger partial charge is 0.347 e. The van der Waals surface area contributed by atoms with Crippen molar-refractivity contribution in [3.05, 3.63) is 34.0 Å². The van der Waals surface area contributed by atoms with E-state index in [1.807, 2.05) is 11.4 Å². The quantitative estimate of drug-likeness (QED) is 0.671. The third-order valence-corrected chi connectivity index (χ3v) is 3.51. The molecule has 17 heavy (non-hydrogen) atoms. The molecule has 0 aliphatic rings. The largest absolute Gasteiger partial charge is 0.497 e. The van der Waals surface area contributed by atoms with Crippen molar-refractivity contribution in [3.8, 4) is 5.75 Å². The van der Waals surface area contributed by atoms with Crippen LogP contribution in [-0.2, 0) is 0 Å². The molecule has 0 saturated carbocycles. The van der Waals surface area contributed by atoms with Crippen LogP contribution < -0.4 is 16.1 Å². The molecule has 2 N–H and O–H groups in total. The number of nitrogen functional groups attached to an aromatic ring is 1. The van der Waals surface area contributed by atoms with E-state index in [-0.39, 0.29) is 0 Å². The maximum Gasteiger partial charge on any atom is 0.347 e. The van der Waals surface area contributed by atoms with Crippen molar-refractivity contribution >= 4 is 38.1 Å². The maximum atomic E-state index is 11.8. The third-order valence-electron chi connectivity index (χ3n) is 2.70. The molecule has 0 aliphatic carbocycles. The molecule has 4 nitrogen and oxygen atoms in total. The number of hydrogen-bond acceptors (Lipinski definition) is 5. The number of nitrogens with two attached hydrogens (primary N) is 1. The van der Waals surface area contributed by atoms with Crippen molar-refractivity contribution in [3.63, 3.8) is 0 Å². The lowest BCUT2D eigenvalue weighted by molar-refractivity contribution is 0.415. The number of methoxy groups -OCH3 is 1. The maximum absolute atomic E-state index is 11.8. The first-order chi connectivity index (χ1) is 8.20. The molecule has 0 saturated heterocycles. The van der Waals surface area contributed by atoms with Gasteiger partial charge in [0.1, 0.15) is 21.7 Å². The van der Waals surface area contributed by atoms with Gasteiger partial charge < -0.3 is 14.9 Å². The summed E-state index contributed by atoms with van der Waals surface area (Å²) in [4.78, 5) is 11.8. The summed E-state index contributed by atoms with van der Waals surface area (Å²) in [6.07, 6.45) is 0. The van der Waals surface area contributed by atoms with Gasteiger partial charge in [-0.25, -0.2) is 4.79 Å². The van der Waals surface area contributed by atoms with E-state index in [2.05, 4.69) is 0 Å². The second-order valence-corrected chi connectivity index (χ2v) is 4.55. The Labute approximate surface area is 100 Å². The van der Waals surface area contributed by atoms with Gasteiger partial charge >= 0.3 is 5.63 Å². The van der Waals surface area contributed by atoms with Crippen LogP contribution in [0.2, 0.25) is 0 Å². The van der Waals surface area contributed by atoms with E-state index in [1.54, 1.807) is 19.2 Å². The zero-order valence-corrected chi connectivity index (χ0v) is 9.84. The zero-order chi connectivity index (χ0) is 12.0. The van der Waals surface area contributed by atoms with E-state index in [1.165, 1.54) is 11.3 Å². The number of fused-ring (bicyclic) bond motifs is 3. The predicted octanol–water partition coefficient (Wildman–Crippen LogP) is 2.60. The van der Waals surface area contributed by atoms with Gasteiger partial charge in [-0.2, -0.15) is 0 Å². The van der Waals surface area contributed by atoms with Crippen molar-refractivity contribution in [1.29, 1.82) is 0 Å². The molecule has 0 radical (unpaired) electrons. The van der Waals surface area contributed by atoms with E-state index < -0.39 is 5.63 Å². The normalized spacial score (nSPS) is 11.1. The van der Waals surface area contributed by atoms with Crippen LogP contribution in [0.3, 0.4) is 0 Å². The summed E-state index contributed by atoms with van der Waals surface area (Å²) < 4.78 is 10.4. The van der Waals surface area contributed by atoms with Gasteiger partial charge in [0.15, 0.2) is 0 Å². The van der Waals surface area contributed by atoms with Crippen LogP contribution in [0.15, 0.2) is 32.8 Å². The minimum absolute atomic E-state index is 0.392. The van der Waals surface area contributed by atoms with Gasteiger partial charge in [0.2, 0.25) is 0 Å². The summed E-state index contributed by atoms with van der Waals surface area (Å²) in [5.41, 5.74) is 5.92. The molecular weight excluding hydrogens is 238 g/mol. The van der Waals surface area contributed by atoms with Gasteiger partial charge in [0, 0.05) is 16.2 Å². The number of benzene rings is 1. The SMILES string of the molecule is COc1ccc2oc(=O)c3c(N)scc3c2c1. The van der Waals surface area contributed by atoms with Crippen LogP contribution in [0.25, 0.3) is 21.7 Å². The summed E-state index contributed by atoms with van der Waals surface area (Å²) in [7, 11) is 1.60. The Kier molecular flexibility index (Phi) is 2.09. The molecule has 0 fully saturated rings. The highest BCUT2D eigenvalue weighted by molar-refractivity contribution is 7.16. The molecule has 0 bridgehead atoms. The van der Waals surface area contributed by atoms with Crippen molar-refractivity contribution in [2.24, 2.45) is 0 Å². The topological polar surface area (TPSA) is 65.5 Å². The molecule has 3 aromatic rings. The highest BCUT2D eigenvalue weighted by Crippen LogP contribution is 2.32. The fourth-order valence-electron chi connectivity index (χ4n) is 1.87. The number of hydrogen-bond donors (Lipinski definition) is 1. The molecule has 0 spiro atoms. The monoisotopic (exact) mass is 247 g/mol. The van der Waals surface area contributed by atoms with Crippen LogP contribution in [0.5, 0.6) is 5.75 Å². The second-order valence-electron chi connectivity index (χ2n) is 3.64. The lowest BCUT2D eigenvalue weighted by Gasteiger charge is -2.02. The highest BCUT2D eigenvalue weighted by atomic mass is 32.1. The molecule has 1 aromatic carbocycles. The molecule has 0 unspecified atom stereocenters. The van der Waals surface area contributed by atoms with Crippen LogP contribution in [0.4, 0.5) is 5.00 Å². The summed E-state index contributed by atoms with van der Waals surface area (Å²) >= 11 is 1.34. The summed E-state index contributed by atoms with van der Waals surface area (Å²) in [6.45, 7) is 0. The number of anilines is 1. The third kappa shape index (κ3) is 1.39. The second kappa shape index (κ2) is 3.49. The number of thiophene rings is 1. The molecule has 2 aromatic heterocycles. The Bertz CT molecular complexity index is 772. The highest BCUT2D eigenvalue weighted by Gasteiger charge is 2.12. The molecule has 5 heteroatoms. The van der Waals surface area contributed by atoms with E-state index in [0.29, 0.717) is 16.0 Å². The Morgan fingerprint density at radius 1 is 1.35 bits per heavy atom. The van der Waals surface area contributed by atoms with Gasteiger partial charge in [0.05, 0.1) is 7.11 Å². The van der Waals surface area contributed by atoms with Crippen LogP contribution in [0.1, 0.15) is 0 Å². The van der Waals surface area contributed by atoms with Gasteiger partial charge in [0.25, 0.3) is 0 Å². The first-order valence-corrected chi connectivity index (χ1v) is 5.86. The number of rotatable bonds is 1. The molecule has 0 atom stereocenters. The van der Waals surface area contributed by atoms with E-state index in [9.17, 15) is 4.79 Å². The van der Waals surface area contributed by atoms with Crippen LogP contribution in [-0.4, -0.2) is 7.11 Å². The first-order valence-electron chi connectivity index (χ1n) is 4.98. The molecular formula is C12H9NO3S. The van der Waals surface area contributed by atoms with Crippen molar-refractivity contribution in [1.82, 2.24) is 0 Å². The number of ether oxygens (including phenoxy) is 1. The molecule has 86 valence electrons. The van der Waals surface area contributed by atoms with Gasteiger partial charge in [-0.15, -0.1) is 11.3 Å². The minimum atomic E-state index is -0.392. The van der Waals surface area contributed by atoms with Gasteiger partial charge in [-0.1, -0.05) is 0 Å². The Morgan fingerprint density at radius 2 is 2.18 bits per heavy atom. The minimum Gasteiger partial charge on any atom is -0.497 e. The lowest BCUT2D eigenvalue weighted by atomic mass is 10.1. The zero-order valence-electron chi connectivity index (χ0n) is 9.02.